The monoisotopic (exact) mass is 410 g/mol. The second-order valence-electron chi connectivity index (χ2n) is 9.90. The molecule has 0 aliphatic heterocycles. The predicted octanol–water partition coefficient (Wildman–Crippen LogP) is 5.26. The van der Waals surface area contributed by atoms with Gasteiger partial charge < -0.3 is 9.94 Å². The van der Waals surface area contributed by atoms with Gasteiger partial charge in [0.2, 0.25) is 0 Å². The van der Waals surface area contributed by atoms with Crippen molar-refractivity contribution in [1.29, 1.82) is 0 Å². The number of nitro groups is 1. The van der Waals surface area contributed by atoms with Gasteiger partial charge in [-0.25, -0.2) is 0 Å². The van der Waals surface area contributed by atoms with E-state index >= 15 is 0 Å². The van der Waals surface area contributed by atoms with Gasteiger partial charge in [-0.2, -0.15) is 0 Å². The van der Waals surface area contributed by atoms with Gasteiger partial charge >= 0.3 is 0 Å². The van der Waals surface area contributed by atoms with Gasteiger partial charge in [-0.05, 0) is 98.7 Å². The van der Waals surface area contributed by atoms with Crippen molar-refractivity contribution in [2.45, 2.75) is 64.4 Å². The van der Waals surface area contributed by atoms with Crippen molar-refractivity contribution >= 4 is 11.4 Å². The van der Waals surface area contributed by atoms with Crippen molar-refractivity contribution in [1.82, 2.24) is 0 Å². The van der Waals surface area contributed by atoms with E-state index < -0.39 is 4.92 Å². The molecule has 0 heterocycles. The van der Waals surface area contributed by atoms with E-state index in [-0.39, 0.29) is 17.2 Å². The molecule has 1 aromatic rings. The molecule has 5 rings (SSSR count). The molecule has 0 amide bonds. The second kappa shape index (κ2) is 7.49. The van der Waals surface area contributed by atoms with E-state index in [1.807, 2.05) is 0 Å². The van der Waals surface area contributed by atoms with Crippen molar-refractivity contribution in [2.75, 3.05) is 0 Å². The molecule has 3 fully saturated rings. The van der Waals surface area contributed by atoms with E-state index in [1.165, 1.54) is 37.0 Å². The Bertz CT molecular complexity index is 893. The lowest BCUT2D eigenvalue weighted by Crippen LogP contribution is -2.47. The van der Waals surface area contributed by atoms with Crippen LogP contribution in [0.15, 0.2) is 41.1 Å². The topological polar surface area (TPSA) is 85.0 Å². The largest absolute Gasteiger partial charge is 0.393 e. The number of allylic oxidation sites excluding steroid dienone is 2. The third kappa shape index (κ3) is 3.25. The van der Waals surface area contributed by atoms with Crippen molar-refractivity contribution in [3.8, 4) is 5.75 Å². The zero-order valence-corrected chi connectivity index (χ0v) is 17.5. The highest BCUT2D eigenvalue weighted by Crippen LogP contribution is 2.61. The summed E-state index contributed by atoms with van der Waals surface area (Å²) >= 11 is 0. The van der Waals surface area contributed by atoms with Crippen molar-refractivity contribution in [3.63, 3.8) is 0 Å². The molecular weight excluding hydrogens is 380 g/mol. The van der Waals surface area contributed by atoms with Crippen molar-refractivity contribution in [3.05, 3.63) is 46.0 Å². The van der Waals surface area contributed by atoms with E-state index in [2.05, 4.69) is 18.2 Å². The fourth-order valence-electron chi connectivity index (χ4n) is 6.98. The second-order valence-corrected chi connectivity index (χ2v) is 9.90. The van der Waals surface area contributed by atoms with Crippen molar-refractivity contribution < 1.29 is 14.9 Å². The molecule has 1 aromatic carbocycles. The van der Waals surface area contributed by atoms with Crippen LogP contribution < -0.4 is 4.84 Å². The van der Waals surface area contributed by atoms with E-state index in [9.17, 15) is 15.2 Å². The van der Waals surface area contributed by atoms with Gasteiger partial charge in [0, 0.05) is 12.1 Å². The lowest BCUT2D eigenvalue weighted by atomic mass is 9.52. The Morgan fingerprint density at radius 1 is 1.10 bits per heavy atom. The molecule has 6 heteroatoms. The Morgan fingerprint density at radius 3 is 2.67 bits per heavy atom. The van der Waals surface area contributed by atoms with Crippen LogP contribution in [0.1, 0.15) is 58.3 Å². The summed E-state index contributed by atoms with van der Waals surface area (Å²) in [5, 5.41) is 25.7. The van der Waals surface area contributed by atoms with Gasteiger partial charge in [0.15, 0.2) is 5.75 Å². The van der Waals surface area contributed by atoms with Gasteiger partial charge in [-0.15, -0.1) is 0 Å². The van der Waals surface area contributed by atoms with Crippen LogP contribution in [0, 0.1) is 39.2 Å². The third-order valence-corrected chi connectivity index (χ3v) is 8.58. The summed E-state index contributed by atoms with van der Waals surface area (Å²) in [7, 11) is 0. The summed E-state index contributed by atoms with van der Waals surface area (Å²) in [6, 6.07) is 6.04. The number of non-ortho nitro benzene ring substituents is 1. The Kier molecular flexibility index (Phi) is 4.92. The number of hydrogen-bond donors (Lipinski definition) is 1. The van der Waals surface area contributed by atoms with Crippen LogP contribution in [0.4, 0.5) is 5.69 Å². The number of fused-ring (bicyclic) bond motifs is 5. The van der Waals surface area contributed by atoms with Crippen LogP contribution >= 0.6 is 0 Å². The Balaban J connectivity index is 1.28. The zero-order chi connectivity index (χ0) is 20.9. The summed E-state index contributed by atoms with van der Waals surface area (Å²) in [6.45, 7) is 2.33. The number of hydrogen-bond acceptors (Lipinski definition) is 5. The molecule has 4 aliphatic carbocycles. The van der Waals surface area contributed by atoms with Gasteiger partial charge in [0.25, 0.3) is 5.69 Å². The van der Waals surface area contributed by atoms with Crippen LogP contribution in [0.2, 0.25) is 0 Å². The molecule has 160 valence electrons. The molecule has 1 N–H and O–H groups in total. The minimum absolute atomic E-state index is 0.0488. The maximum absolute atomic E-state index is 10.8. The van der Waals surface area contributed by atoms with Crippen LogP contribution in [0.25, 0.3) is 0 Å². The average Bonchev–Trinajstić information content (AvgIpc) is 3.06. The van der Waals surface area contributed by atoms with E-state index in [0.717, 1.165) is 49.7 Å². The van der Waals surface area contributed by atoms with Gasteiger partial charge in [0.1, 0.15) is 0 Å². The summed E-state index contributed by atoms with van der Waals surface area (Å²) < 4.78 is 0. The SMILES string of the molecule is C[C@]12CC[C@H]3[C@@H](CCC4=C/C(=N/Oc5ccc([N+](=O)[O-])cc5)CC[C@@H]43)[C@@H]1CC[C@@H]2O. The fourth-order valence-corrected chi connectivity index (χ4v) is 6.98. The van der Waals surface area contributed by atoms with Crippen LogP contribution in [-0.2, 0) is 0 Å². The Labute approximate surface area is 177 Å². The minimum atomic E-state index is -0.419. The van der Waals surface area contributed by atoms with E-state index in [0.29, 0.717) is 17.6 Å². The third-order valence-electron chi connectivity index (χ3n) is 8.58. The summed E-state index contributed by atoms with van der Waals surface area (Å²) in [6.07, 6.45) is 11.1. The fraction of sp³-hybridized carbons (Fsp3) is 0.625. The molecule has 6 atom stereocenters. The molecule has 3 saturated carbocycles. The number of nitrogens with zero attached hydrogens (tertiary/aromatic N) is 2. The molecular formula is C24H30N2O4. The highest BCUT2D eigenvalue weighted by atomic mass is 16.6. The molecule has 0 unspecified atom stereocenters. The molecule has 0 aromatic heterocycles. The number of nitro benzene ring substituents is 1. The number of aliphatic hydroxyl groups is 1. The maximum Gasteiger partial charge on any atom is 0.269 e. The minimum Gasteiger partial charge on any atom is -0.393 e. The molecule has 6 nitrogen and oxygen atoms in total. The van der Waals surface area contributed by atoms with E-state index in [4.69, 9.17) is 4.84 Å². The summed E-state index contributed by atoms with van der Waals surface area (Å²) in [5.74, 6) is 3.38. The zero-order valence-electron chi connectivity index (χ0n) is 17.5. The van der Waals surface area contributed by atoms with E-state index in [1.54, 1.807) is 12.1 Å². The van der Waals surface area contributed by atoms with Gasteiger partial charge in [-0.1, -0.05) is 17.7 Å². The lowest BCUT2D eigenvalue weighted by Gasteiger charge is -2.53. The standard InChI is InChI=1S/C24H30N2O4/c1-24-13-12-20-19-9-3-16(25-30-18-6-4-17(5-7-18)26(28)29)14-15(19)2-8-21(20)22(24)10-11-23(24)27/h4-7,14,19-23,27H,2-3,8-13H2,1H3/b25-16+/t19-,20+,21+,22-,23-,24-/m0/s1. The summed E-state index contributed by atoms with van der Waals surface area (Å²) in [5.41, 5.74) is 2.68. The normalized spacial score (nSPS) is 38.9. The first-order chi connectivity index (χ1) is 14.5. The number of rotatable bonds is 3. The smallest absolute Gasteiger partial charge is 0.269 e. The predicted molar refractivity (Wildman–Crippen MR) is 114 cm³/mol. The molecule has 0 saturated heterocycles. The van der Waals surface area contributed by atoms with Gasteiger partial charge in [-0.3, -0.25) is 10.1 Å². The highest BCUT2D eigenvalue weighted by molar-refractivity contribution is 5.96. The molecule has 4 aliphatic rings. The first-order valence-corrected chi connectivity index (χ1v) is 11.3. The molecule has 0 spiro atoms. The van der Waals surface area contributed by atoms with Crippen LogP contribution in [0.5, 0.6) is 5.75 Å². The quantitative estimate of drug-likeness (QED) is 0.544. The Hall–Kier alpha value is -2.21. The van der Waals surface area contributed by atoms with Gasteiger partial charge in [0.05, 0.1) is 16.7 Å². The maximum atomic E-state index is 10.8. The Morgan fingerprint density at radius 2 is 1.90 bits per heavy atom. The molecule has 30 heavy (non-hydrogen) atoms. The van der Waals surface area contributed by atoms with Crippen molar-refractivity contribution in [2.24, 2.45) is 34.2 Å². The molecule has 0 bridgehead atoms. The van der Waals surface area contributed by atoms with Crippen LogP contribution in [-0.4, -0.2) is 21.8 Å². The van der Waals surface area contributed by atoms with Crippen LogP contribution in [0.3, 0.4) is 0 Å². The summed E-state index contributed by atoms with van der Waals surface area (Å²) in [4.78, 5) is 15.9. The lowest BCUT2D eigenvalue weighted by molar-refractivity contribution is -0.384. The molecule has 0 radical (unpaired) electrons. The average molecular weight is 411 g/mol. The number of benzene rings is 1. The first-order valence-electron chi connectivity index (χ1n) is 11.3. The number of oxime groups is 1. The number of aliphatic hydroxyl groups excluding tert-OH is 1. The first kappa shape index (κ1) is 19.7. The highest BCUT2D eigenvalue weighted by Gasteiger charge is 2.55.